The van der Waals surface area contributed by atoms with Crippen molar-refractivity contribution in [2.45, 2.75) is 45.4 Å². The molecule has 186 valence electrons. The zero-order valence-electron chi connectivity index (χ0n) is 19.8. The number of halogens is 2. The molecule has 0 atom stereocenters. The maximum absolute atomic E-state index is 12.7. The number of amides is 1. The van der Waals surface area contributed by atoms with Gasteiger partial charge in [0.2, 0.25) is 5.91 Å². The summed E-state index contributed by atoms with van der Waals surface area (Å²) in [4.78, 5) is 20.6. The molecule has 0 saturated heterocycles. The Balaban J connectivity index is 1.52. The van der Waals surface area contributed by atoms with Gasteiger partial charge in [-0.05, 0) is 91.5 Å². The smallest absolute Gasteiger partial charge is 0.263 e. The summed E-state index contributed by atoms with van der Waals surface area (Å²) in [5, 5.41) is 3.46. The van der Waals surface area contributed by atoms with Crippen LogP contribution in [0.3, 0.4) is 0 Å². The molecule has 0 unspecified atom stereocenters. The molecule has 0 radical (unpaired) electrons. The van der Waals surface area contributed by atoms with E-state index in [-0.39, 0.29) is 23.0 Å². The van der Waals surface area contributed by atoms with Gasteiger partial charge in [0.15, 0.2) is 0 Å². The topological polar surface area (TPSA) is 110 Å². The Morgan fingerprint density at radius 2 is 1.77 bits per heavy atom. The van der Waals surface area contributed by atoms with Crippen molar-refractivity contribution in [1.82, 2.24) is 9.97 Å². The Morgan fingerprint density at radius 3 is 2.43 bits per heavy atom. The maximum atomic E-state index is 12.7. The van der Waals surface area contributed by atoms with Crippen molar-refractivity contribution < 1.29 is 17.9 Å². The van der Waals surface area contributed by atoms with E-state index in [1.165, 1.54) is 24.3 Å². The molecule has 11 heteroatoms. The summed E-state index contributed by atoms with van der Waals surface area (Å²) in [5.74, 6) is 1.15. The highest BCUT2D eigenvalue weighted by Gasteiger charge is 2.16. The standard InChI is InChI=1S/C24H26BrClN4O4S/c1-14-12-20(23(25)16(3)24(14)26)34-11-5-6-22(31)29-18-7-9-19(10-8-18)35(32,33)30-21-13-15(2)27-17(4)28-21/h7-10,12-13H,5-6,11H2,1-4H3,(H,29,31)(H,27,28,30). The van der Waals surface area contributed by atoms with Crippen molar-refractivity contribution in [1.29, 1.82) is 0 Å². The van der Waals surface area contributed by atoms with Gasteiger partial charge >= 0.3 is 0 Å². The van der Waals surface area contributed by atoms with Gasteiger partial charge in [0.1, 0.15) is 17.4 Å². The van der Waals surface area contributed by atoms with Gasteiger partial charge in [-0.25, -0.2) is 18.4 Å². The Bertz CT molecular complexity index is 1330. The van der Waals surface area contributed by atoms with Crippen LogP contribution in [0.1, 0.15) is 35.5 Å². The van der Waals surface area contributed by atoms with Gasteiger partial charge in [-0.3, -0.25) is 9.52 Å². The second-order valence-electron chi connectivity index (χ2n) is 8.02. The van der Waals surface area contributed by atoms with Crippen LogP contribution >= 0.6 is 27.5 Å². The molecule has 1 heterocycles. The summed E-state index contributed by atoms with van der Waals surface area (Å²) in [6.07, 6.45) is 0.754. The minimum Gasteiger partial charge on any atom is -0.492 e. The van der Waals surface area contributed by atoms with Gasteiger partial charge in [-0.1, -0.05) is 11.6 Å². The first-order valence-corrected chi connectivity index (χ1v) is 13.4. The van der Waals surface area contributed by atoms with Gasteiger partial charge in [-0.2, -0.15) is 0 Å². The normalized spacial score (nSPS) is 11.3. The van der Waals surface area contributed by atoms with E-state index in [0.29, 0.717) is 41.0 Å². The molecule has 0 aliphatic rings. The molecule has 2 N–H and O–H groups in total. The lowest BCUT2D eigenvalue weighted by Crippen LogP contribution is -2.15. The summed E-state index contributed by atoms with van der Waals surface area (Å²) in [6, 6.07) is 9.33. The lowest BCUT2D eigenvalue weighted by atomic mass is 10.1. The largest absolute Gasteiger partial charge is 0.492 e. The van der Waals surface area contributed by atoms with E-state index in [2.05, 4.69) is 35.9 Å². The van der Waals surface area contributed by atoms with Crippen molar-refractivity contribution in [2.24, 2.45) is 0 Å². The minimum absolute atomic E-state index is 0.0527. The monoisotopic (exact) mass is 580 g/mol. The van der Waals surface area contributed by atoms with Crippen LogP contribution in [-0.4, -0.2) is 30.9 Å². The number of hydrogen-bond acceptors (Lipinski definition) is 6. The molecule has 0 spiro atoms. The second kappa shape index (κ2) is 11.4. The number of benzene rings is 2. The summed E-state index contributed by atoms with van der Waals surface area (Å²) in [5.41, 5.74) is 2.98. The van der Waals surface area contributed by atoms with Crippen molar-refractivity contribution in [3.8, 4) is 5.75 Å². The molecular weight excluding hydrogens is 556 g/mol. The number of anilines is 2. The molecule has 3 rings (SSSR count). The molecule has 8 nitrogen and oxygen atoms in total. The van der Waals surface area contributed by atoms with Gasteiger partial charge < -0.3 is 10.1 Å². The van der Waals surface area contributed by atoms with E-state index in [0.717, 1.165) is 15.6 Å². The van der Waals surface area contributed by atoms with E-state index < -0.39 is 10.0 Å². The molecule has 3 aromatic rings. The molecule has 0 saturated carbocycles. The third kappa shape index (κ3) is 7.16. The number of aryl methyl sites for hydroxylation is 3. The Morgan fingerprint density at radius 1 is 1.09 bits per heavy atom. The highest BCUT2D eigenvalue weighted by molar-refractivity contribution is 9.10. The van der Waals surface area contributed by atoms with Crippen LogP contribution in [0.15, 0.2) is 45.8 Å². The lowest BCUT2D eigenvalue weighted by molar-refractivity contribution is -0.116. The molecule has 1 aromatic heterocycles. The zero-order valence-corrected chi connectivity index (χ0v) is 22.9. The first-order chi connectivity index (χ1) is 16.5. The molecule has 35 heavy (non-hydrogen) atoms. The average Bonchev–Trinajstić information content (AvgIpc) is 2.78. The number of carbonyl (C=O) groups excluding carboxylic acids is 1. The van der Waals surface area contributed by atoms with E-state index in [1.54, 1.807) is 19.9 Å². The van der Waals surface area contributed by atoms with Crippen LogP contribution < -0.4 is 14.8 Å². The molecular formula is C24H26BrClN4O4S. The molecule has 0 aliphatic heterocycles. The average molecular weight is 582 g/mol. The van der Waals surface area contributed by atoms with Crippen LogP contribution in [-0.2, 0) is 14.8 Å². The summed E-state index contributed by atoms with van der Waals surface area (Å²) >= 11 is 9.73. The van der Waals surface area contributed by atoms with Crippen molar-refractivity contribution in [3.05, 3.63) is 68.5 Å². The summed E-state index contributed by atoms with van der Waals surface area (Å²) in [7, 11) is -3.83. The van der Waals surface area contributed by atoms with E-state index in [4.69, 9.17) is 16.3 Å². The van der Waals surface area contributed by atoms with Crippen LogP contribution in [0.2, 0.25) is 5.02 Å². The number of sulfonamides is 1. The fourth-order valence-electron chi connectivity index (χ4n) is 3.33. The Kier molecular flexibility index (Phi) is 8.74. The zero-order chi connectivity index (χ0) is 25.8. The number of nitrogens with one attached hydrogen (secondary N) is 2. The van der Waals surface area contributed by atoms with Crippen LogP contribution in [0.5, 0.6) is 5.75 Å². The quantitative estimate of drug-likeness (QED) is 0.313. The summed E-state index contributed by atoms with van der Waals surface area (Å²) < 4.78 is 34.3. The van der Waals surface area contributed by atoms with E-state index in [1.807, 2.05) is 19.9 Å². The predicted octanol–water partition coefficient (Wildman–Crippen LogP) is 5.72. The van der Waals surface area contributed by atoms with Gasteiger partial charge in [0, 0.05) is 28.9 Å². The Hall–Kier alpha value is -2.69. The third-order valence-electron chi connectivity index (χ3n) is 5.03. The summed E-state index contributed by atoms with van der Waals surface area (Å²) in [6.45, 7) is 7.62. The van der Waals surface area contributed by atoms with E-state index in [9.17, 15) is 13.2 Å². The van der Waals surface area contributed by atoms with Crippen molar-refractivity contribution in [3.63, 3.8) is 0 Å². The van der Waals surface area contributed by atoms with Gasteiger partial charge in [-0.15, -0.1) is 0 Å². The molecule has 1 amide bonds. The molecule has 0 aliphatic carbocycles. The highest BCUT2D eigenvalue weighted by Crippen LogP contribution is 2.35. The third-order valence-corrected chi connectivity index (χ3v) is 7.97. The molecule has 0 bridgehead atoms. The number of nitrogens with zero attached hydrogens (tertiary/aromatic N) is 2. The number of rotatable bonds is 9. The van der Waals surface area contributed by atoms with Gasteiger partial charge in [0.05, 0.1) is 16.0 Å². The van der Waals surface area contributed by atoms with Crippen LogP contribution in [0, 0.1) is 27.7 Å². The number of carbonyl (C=O) groups is 1. The van der Waals surface area contributed by atoms with Gasteiger partial charge in [0.25, 0.3) is 10.0 Å². The fourth-order valence-corrected chi connectivity index (χ4v) is 5.01. The number of aromatic nitrogens is 2. The molecule has 2 aromatic carbocycles. The first kappa shape index (κ1) is 26.9. The van der Waals surface area contributed by atoms with E-state index >= 15 is 0 Å². The molecule has 0 fully saturated rings. The lowest BCUT2D eigenvalue weighted by Gasteiger charge is -2.13. The SMILES string of the molecule is Cc1cc(NS(=O)(=O)c2ccc(NC(=O)CCCOc3cc(C)c(Cl)c(C)c3Br)cc2)nc(C)n1. The minimum atomic E-state index is -3.83. The highest BCUT2D eigenvalue weighted by atomic mass is 79.9. The number of ether oxygens (including phenoxy) is 1. The van der Waals surface area contributed by atoms with Crippen molar-refractivity contribution in [2.75, 3.05) is 16.6 Å². The predicted molar refractivity (Wildman–Crippen MR) is 141 cm³/mol. The second-order valence-corrected chi connectivity index (χ2v) is 10.9. The van der Waals surface area contributed by atoms with Crippen LogP contribution in [0.25, 0.3) is 0 Å². The van der Waals surface area contributed by atoms with Crippen LogP contribution in [0.4, 0.5) is 11.5 Å². The Labute approximate surface area is 218 Å². The number of hydrogen-bond donors (Lipinski definition) is 2. The van der Waals surface area contributed by atoms with Crippen molar-refractivity contribution >= 4 is 55.0 Å². The maximum Gasteiger partial charge on any atom is 0.263 e. The fraction of sp³-hybridized carbons (Fsp3) is 0.292. The first-order valence-electron chi connectivity index (χ1n) is 10.8.